The van der Waals surface area contributed by atoms with E-state index >= 15 is 0 Å². The first-order chi connectivity index (χ1) is 14.7. The van der Waals surface area contributed by atoms with Crippen molar-refractivity contribution in [3.05, 3.63) is 74.5 Å². The van der Waals surface area contributed by atoms with E-state index in [-0.39, 0.29) is 5.56 Å². The van der Waals surface area contributed by atoms with E-state index in [0.29, 0.717) is 25.0 Å². The van der Waals surface area contributed by atoms with Gasteiger partial charge in [-0.25, -0.2) is 9.67 Å². The number of rotatable bonds is 4. The Labute approximate surface area is 174 Å². The second-order valence-electron chi connectivity index (χ2n) is 7.36. The van der Waals surface area contributed by atoms with Crippen LogP contribution in [0.2, 0.25) is 0 Å². The third-order valence-electron chi connectivity index (χ3n) is 5.50. The number of hydrogen-bond donors (Lipinski definition) is 0. The number of thiazole rings is 1. The van der Waals surface area contributed by atoms with Crippen LogP contribution in [0.3, 0.4) is 0 Å². The van der Waals surface area contributed by atoms with E-state index in [9.17, 15) is 4.79 Å². The lowest BCUT2D eigenvalue weighted by molar-refractivity contribution is 0.419. The summed E-state index contributed by atoms with van der Waals surface area (Å²) in [6.45, 7) is 1.11. The highest BCUT2D eigenvalue weighted by molar-refractivity contribution is 7.19. The molecule has 1 aliphatic rings. The first-order valence-corrected chi connectivity index (χ1v) is 10.3. The summed E-state index contributed by atoms with van der Waals surface area (Å²) in [6, 6.07) is 6.10. The van der Waals surface area contributed by atoms with Crippen molar-refractivity contribution < 1.29 is 4.52 Å². The highest BCUT2D eigenvalue weighted by Crippen LogP contribution is 2.31. The van der Waals surface area contributed by atoms with E-state index in [1.807, 2.05) is 30.0 Å². The van der Waals surface area contributed by atoms with Gasteiger partial charge in [0.15, 0.2) is 5.65 Å². The van der Waals surface area contributed by atoms with E-state index in [1.54, 1.807) is 30.0 Å². The molecule has 0 saturated carbocycles. The van der Waals surface area contributed by atoms with Gasteiger partial charge in [0.2, 0.25) is 0 Å². The number of aryl methyl sites for hydroxylation is 1. The minimum atomic E-state index is -0.117. The zero-order valence-corrected chi connectivity index (χ0v) is 16.9. The average molecular weight is 416 g/mol. The van der Waals surface area contributed by atoms with Crippen molar-refractivity contribution in [1.82, 2.24) is 24.5 Å². The van der Waals surface area contributed by atoms with Crippen LogP contribution >= 0.6 is 11.3 Å². The molecule has 0 fully saturated rings. The van der Waals surface area contributed by atoms with E-state index in [2.05, 4.69) is 21.3 Å². The molecule has 5 aromatic rings. The molecule has 6 rings (SSSR count). The van der Waals surface area contributed by atoms with E-state index in [0.717, 1.165) is 37.4 Å². The Hall–Kier alpha value is -3.59. The number of aromatic nitrogens is 5. The summed E-state index contributed by atoms with van der Waals surface area (Å²) in [4.78, 5) is 22.4. The molecule has 0 radical (unpaired) electrons. The van der Waals surface area contributed by atoms with Crippen LogP contribution in [0, 0.1) is 0 Å². The summed E-state index contributed by atoms with van der Waals surface area (Å²) in [6.07, 6.45) is 7.62. The SMILES string of the molecule is Cn1c2nc(Cc3cnoc3)sc2c2cnn(Cc3cccc4c3C=NC4)c(=O)c21. The van der Waals surface area contributed by atoms with Crippen molar-refractivity contribution in [3.8, 4) is 0 Å². The largest absolute Gasteiger partial charge is 0.364 e. The minimum absolute atomic E-state index is 0.117. The molecular formula is C21H16N6O2S. The van der Waals surface area contributed by atoms with Crippen LogP contribution in [-0.4, -0.2) is 30.7 Å². The zero-order valence-electron chi connectivity index (χ0n) is 16.1. The number of hydrogen-bond acceptors (Lipinski definition) is 7. The topological polar surface area (TPSA) is 91.1 Å². The summed E-state index contributed by atoms with van der Waals surface area (Å²) >= 11 is 1.57. The van der Waals surface area contributed by atoms with Crippen molar-refractivity contribution in [2.24, 2.45) is 12.0 Å². The molecule has 1 aromatic carbocycles. The first-order valence-electron chi connectivity index (χ1n) is 9.52. The fraction of sp³-hybridized carbons (Fsp3) is 0.190. The summed E-state index contributed by atoms with van der Waals surface area (Å²) in [5, 5.41) is 10.00. The van der Waals surface area contributed by atoms with E-state index < -0.39 is 0 Å². The molecule has 0 saturated heterocycles. The van der Waals surface area contributed by atoms with Crippen molar-refractivity contribution in [2.75, 3.05) is 0 Å². The maximum atomic E-state index is 13.3. The van der Waals surface area contributed by atoms with Gasteiger partial charge in [-0.15, -0.1) is 11.3 Å². The molecule has 30 heavy (non-hydrogen) atoms. The Balaban J connectivity index is 1.44. The zero-order chi connectivity index (χ0) is 20.2. The maximum absolute atomic E-state index is 13.3. The average Bonchev–Trinajstić information content (AvgIpc) is 3.52. The van der Waals surface area contributed by atoms with Crippen LogP contribution in [0.25, 0.3) is 21.3 Å². The Morgan fingerprint density at radius 2 is 2.20 bits per heavy atom. The first kappa shape index (κ1) is 17.3. The normalized spacial score (nSPS) is 13.0. The smallest absolute Gasteiger partial charge is 0.291 e. The molecule has 0 amide bonds. The molecule has 0 unspecified atom stereocenters. The summed E-state index contributed by atoms with van der Waals surface area (Å²) < 4.78 is 9.27. The lowest BCUT2D eigenvalue weighted by atomic mass is 10.0. The molecule has 8 nitrogen and oxygen atoms in total. The number of nitrogens with zero attached hydrogens (tertiary/aromatic N) is 6. The molecule has 148 valence electrons. The van der Waals surface area contributed by atoms with E-state index in [4.69, 9.17) is 9.51 Å². The quantitative estimate of drug-likeness (QED) is 0.449. The third kappa shape index (κ3) is 2.55. The number of benzene rings is 1. The van der Waals surface area contributed by atoms with Gasteiger partial charge in [-0.2, -0.15) is 5.10 Å². The second-order valence-corrected chi connectivity index (χ2v) is 8.44. The molecule has 5 heterocycles. The van der Waals surface area contributed by atoms with Crippen LogP contribution in [-0.2, 0) is 26.6 Å². The molecule has 0 N–H and O–H groups in total. The fourth-order valence-electron chi connectivity index (χ4n) is 4.01. The monoisotopic (exact) mass is 416 g/mol. The van der Waals surface area contributed by atoms with Gasteiger partial charge in [-0.05, 0) is 11.1 Å². The lowest BCUT2D eigenvalue weighted by Crippen LogP contribution is -2.25. The Morgan fingerprint density at radius 1 is 1.27 bits per heavy atom. The summed E-state index contributed by atoms with van der Waals surface area (Å²) in [5.74, 6) is 0. The van der Waals surface area contributed by atoms with Crippen LogP contribution in [0.5, 0.6) is 0 Å². The van der Waals surface area contributed by atoms with Gasteiger partial charge in [0, 0.05) is 36.2 Å². The van der Waals surface area contributed by atoms with Crippen LogP contribution in [0.1, 0.15) is 27.3 Å². The van der Waals surface area contributed by atoms with Crippen molar-refractivity contribution >= 4 is 38.8 Å². The van der Waals surface area contributed by atoms with Crippen LogP contribution in [0.4, 0.5) is 0 Å². The Kier molecular flexibility index (Phi) is 3.72. The predicted molar refractivity (Wildman–Crippen MR) is 114 cm³/mol. The molecule has 0 spiro atoms. The minimum Gasteiger partial charge on any atom is -0.364 e. The molecular weight excluding hydrogens is 400 g/mol. The second kappa shape index (κ2) is 6.46. The maximum Gasteiger partial charge on any atom is 0.291 e. The molecule has 1 aliphatic heterocycles. The molecule has 0 atom stereocenters. The lowest BCUT2D eigenvalue weighted by Gasteiger charge is -2.09. The van der Waals surface area contributed by atoms with Gasteiger partial charge in [-0.1, -0.05) is 23.4 Å². The van der Waals surface area contributed by atoms with Gasteiger partial charge in [0.1, 0.15) is 16.8 Å². The molecule has 0 bridgehead atoms. The molecule has 9 heteroatoms. The van der Waals surface area contributed by atoms with Crippen molar-refractivity contribution in [1.29, 1.82) is 0 Å². The summed E-state index contributed by atoms with van der Waals surface area (Å²) in [7, 11) is 1.88. The Bertz CT molecular complexity index is 1510. The van der Waals surface area contributed by atoms with Gasteiger partial charge >= 0.3 is 0 Å². The van der Waals surface area contributed by atoms with Gasteiger partial charge in [0.25, 0.3) is 5.56 Å². The van der Waals surface area contributed by atoms with Gasteiger partial charge < -0.3 is 9.09 Å². The third-order valence-corrected chi connectivity index (χ3v) is 6.58. The van der Waals surface area contributed by atoms with E-state index in [1.165, 1.54) is 10.2 Å². The van der Waals surface area contributed by atoms with Crippen molar-refractivity contribution in [3.63, 3.8) is 0 Å². The standard InChI is InChI=1S/C21H16N6O2S/c1-26-18-16(19-20(26)25-17(30-19)5-12-6-24-29-11-12)9-23-27(21(18)28)10-14-4-2-3-13-7-22-8-15(13)14/h2-4,6,8-9,11H,5,7,10H2,1H3. The molecule has 0 aliphatic carbocycles. The summed E-state index contributed by atoms with van der Waals surface area (Å²) in [5.41, 5.74) is 5.60. The highest BCUT2D eigenvalue weighted by Gasteiger charge is 2.19. The van der Waals surface area contributed by atoms with Crippen LogP contribution in [0.15, 0.2) is 51.2 Å². The number of aliphatic imine (C=N–C) groups is 1. The number of fused-ring (bicyclic) bond motifs is 4. The van der Waals surface area contributed by atoms with Gasteiger partial charge in [-0.3, -0.25) is 9.79 Å². The van der Waals surface area contributed by atoms with Gasteiger partial charge in [0.05, 0.1) is 30.2 Å². The predicted octanol–water partition coefficient (Wildman–Crippen LogP) is 2.90. The highest BCUT2D eigenvalue weighted by atomic mass is 32.1. The van der Waals surface area contributed by atoms with Crippen molar-refractivity contribution in [2.45, 2.75) is 19.5 Å². The van der Waals surface area contributed by atoms with Crippen LogP contribution < -0.4 is 5.56 Å². The fourth-order valence-corrected chi connectivity index (χ4v) is 5.15. The Morgan fingerprint density at radius 3 is 3.07 bits per heavy atom. The molecule has 4 aromatic heterocycles.